The molecule has 0 unspecified atom stereocenters. The molecule has 1 heterocycles. The second-order valence-corrected chi connectivity index (χ2v) is 7.56. The van der Waals surface area contributed by atoms with Crippen LogP contribution in [0.15, 0.2) is 41.3 Å². The molecule has 0 aromatic heterocycles. The van der Waals surface area contributed by atoms with E-state index in [-0.39, 0.29) is 4.90 Å². The Morgan fingerprint density at radius 3 is 2.74 bits per heavy atom. The molecule has 0 fully saturated rings. The van der Waals surface area contributed by atoms with Gasteiger partial charge in [0.05, 0.1) is 17.7 Å². The van der Waals surface area contributed by atoms with Gasteiger partial charge in [-0.2, -0.15) is 0 Å². The number of hydrogen-bond donors (Lipinski definition) is 2. The second-order valence-electron chi connectivity index (χ2n) is 5.88. The zero-order chi connectivity index (χ0) is 16.6. The molecule has 0 saturated heterocycles. The van der Waals surface area contributed by atoms with Gasteiger partial charge in [0, 0.05) is 11.7 Å². The molecule has 3 rings (SSSR count). The maximum Gasteiger partial charge on any atom is 0.262 e. The van der Waals surface area contributed by atoms with Crippen LogP contribution in [-0.2, 0) is 16.4 Å². The van der Waals surface area contributed by atoms with E-state index in [2.05, 4.69) is 17.0 Å². The monoisotopic (exact) mass is 332 g/mol. The first-order chi connectivity index (χ1) is 10.9. The molecule has 0 amide bonds. The lowest BCUT2D eigenvalue weighted by Crippen LogP contribution is -2.14. The fourth-order valence-corrected chi connectivity index (χ4v) is 3.91. The number of methoxy groups -OCH3 is 1. The van der Waals surface area contributed by atoms with E-state index in [0.717, 1.165) is 23.2 Å². The summed E-state index contributed by atoms with van der Waals surface area (Å²) in [4.78, 5) is 0.260. The van der Waals surface area contributed by atoms with Gasteiger partial charge in [-0.25, -0.2) is 8.42 Å². The van der Waals surface area contributed by atoms with Crippen LogP contribution in [0.1, 0.15) is 18.1 Å². The highest BCUT2D eigenvalue weighted by Crippen LogP contribution is 2.31. The zero-order valence-corrected chi connectivity index (χ0v) is 14.2. The molecule has 1 aliphatic heterocycles. The van der Waals surface area contributed by atoms with Crippen molar-refractivity contribution in [2.24, 2.45) is 0 Å². The van der Waals surface area contributed by atoms with Gasteiger partial charge in [-0.3, -0.25) is 4.72 Å². The number of benzene rings is 2. The van der Waals surface area contributed by atoms with Crippen LogP contribution in [-0.4, -0.2) is 21.6 Å². The molecule has 2 aromatic rings. The minimum Gasteiger partial charge on any atom is -0.495 e. The number of aryl methyl sites for hydroxylation is 1. The number of fused-ring (bicyclic) bond motifs is 1. The van der Waals surface area contributed by atoms with E-state index in [0.29, 0.717) is 17.5 Å². The largest absolute Gasteiger partial charge is 0.495 e. The van der Waals surface area contributed by atoms with Crippen LogP contribution in [0.25, 0.3) is 0 Å². The van der Waals surface area contributed by atoms with E-state index in [9.17, 15) is 8.42 Å². The van der Waals surface area contributed by atoms with E-state index < -0.39 is 10.0 Å². The first-order valence-corrected chi connectivity index (χ1v) is 8.94. The van der Waals surface area contributed by atoms with Crippen LogP contribution in [0.4, 0.5) is 11.4 Å². The highest BCUT2D eigenvalue weighted by Gasteiger charge is 2.22. The Hall–Kier alpha value is -2.21. The summed E-state index contributed by atoms with van der Waals surface area (Å²) in [6.07, 6.45) is 0.826. The van der Waals surface area contributed by atoms with Gasteiger partial charge in [-0.05, 0) is 61.7 Å². The Labute approximate surface area is 136 Å². The summed E-state index contributed by atoms with van der Waals surface area (Å²) in [5, 5.41) is 3.32. The van der Waals surface area contributed by atoms with Crippen molar-refractivity contribution in [2.75, 3.05) is 17.1 Å². The molecule has 0 spiro atoms. The van der Waals surface area contributed by atoms with E-state index in [1.807, 2.05) is 19.1 Å². The summed E-state index contributed by atoms with van der Waals surface area (Å²) in [5.41, 5.74) is 3.43. The predicted octanol–water partition coefficient (Wildman–Crippen LogP) is 3.16. The molecule has 6 heteroatoms. The number of rotatable bonds is 4. The Bertz CT molecular complexity index is 847. The van der Waals surface area contributed by atoms with Crippen molar-refractivity contribution in [3.63, 3.8) is 0 Å². The van der Waals surface area contributed by atoms with Crippen molar-refractivity contribution in [2.45, 2.75) is 31.2 Å². The minimum atomic E-state index is -3.66. The van der Waals surface area contributed by atoms with Gasteiger partial charge in [0.2, 0.25) is 0 Å². The van der Waals surface area contributed by atoms with E-state index in [1.54, 1.807) is 24.3 Å². The Kier molecular flexibility index (Phi) is 3.93. The number of anilines is 2. The van der Waals surface area contributed by atoms with E-state index in [4.69, 9.17) is 4.74 Å². The maximum absolute atomic E-state index is 12.7. The Balaban J connectivity index is 1.94. The third-order valence-corrected chi connectivity index (χ3v) is 5.28. The number of nitrogens with one attached hydrogen (secondary N) is 2. The van der Waals surface area contributed by atoms with Gasteiger partial charge in [-0.15, -0.1) is 0 Å². The Morgan fingerprint density at radius 1 is 1.22 bits per heavy atom. The van der Waals surface area contributed by atoms with Crippen molar-refractivity contribution >= 4 is 21.4 Å². The number of hydrogen-bond acceptors (Lipinski definition) is 4. The van der Waals surface area contributed by atoms with Crippen LogP contribution in [0.2, 0.25) is 0 Å². The number of sulfonamides is 1. The van der Waals surface area contributed by atoms with Crippen LogP contribution in [0.5, 0.6) is 5.75 Å². The summed E-state index contributed by atoms with van der Waals surface area (Å²) in [5.74, 6) is 0.496. The van der Waals surface area contributed by atoms with Crippen molar-refractivity contribution in [1.82, 2.24) is 0 Å². The topological polar surface area (TPSA) is 67.4 Å². The molecule has 5 nitrogen and oxygen atoms in total. The molecule has 23 heavy (non-hydrogen) atoms. The molecule has 1 aliphatic rings. The molecule has 2 N–H and O–H groups in total. The minimum absolute atomic E-state index is 0.260. The lowest BCUT2D eigenvalue weighted by Gasteiger charge is -2.13. The lowest BCUT2D eigenvalue weighted by atomic mass is 10.1. The first kappa shape index (κ1) is 15.7. The molecule has 0 saturated carbocycles. The summed E-state index contributed by atoms with van der Waals surface area (Å²) < 4.78 is 33.2. The predicted molar refractivity (Wildman–Crippen MR) is 91.8 cm³/mol. The van der Waals surface area contributed by atoms with Crippen LogP contribution in [0.3, 0.4) is 0 Å². The van der Waals surface area contributed by atoms with Crippen LogP contribution < -0.4 is 14.8 Å². The normalized spacial score (nSPS) is 16.6. The fraction of sp³-hybridized carbons (Fsp3) is 0.294. The summed E-state index contributed by atoms with van der Waals surface area (Å²) in [6, 6.07) is 10.9. The molecular weight excluding hydrogens is 312 g/mol. The zero-order valence-electron chi connectivity index (χ0n) is 13.4. The standard InChI is InChI=1S/C17H20N2O3S/c1-11-4-7-17(22-3)16(8-11)19-23(20,21)14-5-6-15-13(10-14)9-12(2)18-15/h4-8,10,12,18-19H,9H2,1-3H3/t12-/m0/s1. The maximum atomic E-state index is 12.7. The Morgan fingerprint density at radius 2 is 2.00 bits per heavy atom. The molecule has 122 valence electrons. The first-order valence-electron chi connectivity index (χ1n) is 7.46. The second kappa shape index (κ2) is 5.77. The van der Waals surface area contributed by atoms with Crippen LogP contribution >= 0.6 is 0 Å². The summed E-state index contributed by atoms with van der Waals surface area (Å²) in [7, 11) is -2.14. The molecule has 0 bridgehead atoms. The van der Waals surface area contributed by atoms with Crippen LogP contribution in [0, 0.1) is 6.92 Å². The third-order valence-electron chi connectivity index (χ3n) is 3.91. The summed E-state index contributed by atoms with van der Waals surface area (Å²) in [6.45, 7) is 3.98. The third kappa shape index (κ3) is 3.12. The van der Waals surface area contributed by atoms with Gasteiger partial charge in [-0.1, -0.05) is 6.07 Å². The average molecular weight is 332 g/mol. The van der Waals surface area contributed by atoms with Crippen molar-refractivity contribution in [3.8, 4) is 5.75 Å². The molecule has 0 radical (unpaired) electrons. The van der Waals surface area contributed by atoms with Crippen molar-refractivity contribution in [1.29, 1.82) is 0 Å². The molecule has 1 atom stereocenters. The highest BCUT2D eigenvalue weighted by atomic mass is 32.2. The highest BCUT2D eigenvalue weighted by molar-refractivity contribution is 7.92. The van der Waals surface area contributed by atoms with Gasteiger partial charge >= 0.3 is 0 Å². The van der Waals surface area contributed by atoms with Gasteiger partial charge < -0.3 is 10.1 Å². The van der Waals surface area contributed by atoms with Crippen molar-refractivity contribution < 1.29 is 13.2 Å². The SMILES string of the molecule is COc1ccc(C)cc1NS(=O)(=O)c1ccc2c(c1)C[C@H](C)N2. The van der Waals surface area contributed by atoms with Gasteiger partial charge in [0.1, 0.15) is 5.75 Å². The average Bonchev–Trinajstić information content (AvgIpc) is 2.86. The lowest BCUT2D eigenvalue weighted by molar-refractivity contribution is 0.417. The van der Waals surface area contributed by atoms with E-state index >= 15 is 0 Å². The van der Waals surface area contributed by atoms with Gasteiger partial charge in [0.15, 0.2) is 0 Å². The summed E-state index contributed by atoms with van der Waals surface area (Å²) >= 11 is 0. The fourth-order valence-electron chi connectivity index (χ4n) is 2.80. The van der Waals surface area contributed by atoms with Crippen molar-refractivity contribution in [3.05, 3.63) is 47.5 Å². The molecule has 2 aromatic carbocycles. The molecular formula is C17H20N2O3S. The quantitative estimate of drug-likeness (QED) is 0.902. The smallest absolute Gasteiger partial charge is 0.262 e. The van der Waals surface area contributed by atoms with E-state index in [1.165, 1.54) is 7.11 Å². The number of ether oxygens (including phenoxy) is 1. The molecule has 0 aliphatic carbocycles. The van der Waals surface area contributed by atoms with Gasteiger partial charge in [0.25, 0.3) is 10.0 Å².